The lowest BCUT2D eigenvalue weighted by Gasteiger charge is -2.23. The molecule has 0 saturated heterocycles. The van der Waals surface area contributed by atoms with Crippen LogP contribution in [-0.4, -0.2) is 42.1 Å². The molecule has 1 aliphatic rings. The van der Waals surface area contributed by atoms with Crippen molar-refractivity contribution in [2.45, 2.75) is 13.5 Å². The van der Waals surface area contributed by atoms with Crippen molar-refractivity contribution in [3.05, 3.63) is 58.1 Å². The van der Waals surface area contributed by atoms with Crippen molar-refractivity contribution in [1.29, 1.82) is 0 Å². The van der Waals surface area contributed by atoms with Crippen LogP contribution in [0.5, 0.6) is 17.2 Å². The van der Waals surface area contributed by atoms with E-state index >= 15 is 0 Å². The van der Waals surface area contributed by atoms with Gasteiger partial charge in [-0.2, -0.15) is 0 Å². The molecular weight excluding hydrogens is 352 g/mol. The summed E-state index contributed by atoms with van der Waals surface area (Å²) in [5.74, 6) is 1.18. The number of hydrogen-bond donors (Lipinski definition) is 0. The van der Waals surface area contributed by atoms with Crippen LogP contribution >= 0.6 is 0 Å². The van der Waals surface area contributed by atoms with Crippen LogP contribution in [0.1, 0.15) is 12.5 Å². The van der Waals surface area contributed by atoms with Crippen LogP contribution in [0.25, 0.3) is 0 Å². The van der Waals surface area contributed by atoms with E-state index in [1.807, 2.05) is 25.1 Å². The first-order valence-electron chi connectivity index (χ1n) is 8.61. The topological polar surface area (TPSA) is 91.1 Å². The summed E-state index contributed by atoms with van der Waals surface area (Å²) in [6.45, 7) is 3.47. The summed E-state index contributed by atoms with van der Waals surface area (Å²) in [7, 11) is 0. The Labute approximate surface area is 156 Å². The largest absolute Gasteiger partial charge is 0.486 e. The Kier molecular flexibility index (Phi) is 5.75. The second-order valence-electron chi connectivity index (χ2n) is 5.90. The fourth-order valence-electron chi connectivity index (χ4n) is 2.74. The number of benzene rings is 2. The third-order valence-corrected chi connectivity index (χ3v) is 4.13. The van der Waals surface area contributed by atoms with Gasteiger partial charge in [0.25, 0.3) is 5.91 Å². The maximum absolute atomic E-state index is 12.5. The first-order chi connectivity index (χ1) is 13.1. The van der Waals surface area contributed by atoms with Gasteiger partial charge in [-0.3, -0.25) is 14.9 Å². The van der Waals surface area contributed by atoms with Crippen molar-refractivity contribution < 1.29 is 23.9 Å². The van der Waals surface area contributed by atoms with Gasteiger partial charge < -0.3 is 19.1 Å². The van der Waals surface area contributed by atoms with Crippen molar-refractivity contribution in [2.75, 3.05) is 26.4 Å². The van der Waals surface area contributed by atoms with Gasteiger partial charge in [0.05, 0.1) is 4.92 Å². The molecule has 1 amide bonds. The highest BCUT2D eigenvalue weighted by Gasteiger charge is 2.19. The van der Waals surface area contributed by atoms with Crippen molar-refractivity contribution in [2.24, 2.45) is 0 Å². The Morgan fingerprint density at radius 3 is 2.67 bits per heavy atom. The first kappa shape index (κ1) is 18.5. The molecule has 2 aromatic rings. The molecule has 0 saturated carbocycles. The Hall–Kier alpha value is -3.29. The molecule has 8 nitrogen and oxygen atoms in total. The summed E-state index contributed by atoms with van der Waals surface area (Å²) in [4.78, 5) is 24.6. The number of rotatable bonds is 7. The maximum atomic E-state index is 12.5. The van der Waals surface area contributed by atoms with Crippen molar-refractivity contribution in [1.82, 2.24) is 4.90 Å². The molecule has 0 atom stereocenters. The monoisotopic (exact) mass is 372 g/mol. The molecule has 27 heavy (non-hydrogen) atoms. The summed E-state index contributed by atoms with van der Waals surface area (Å²) >= 11 is 0. The molecular formula is C19H20N2O6. The molecule has 0 aromatic heterocycles. The Bertz CT molecular complexity index is 839. The molecule has 0 fully saturated rings. The van der Waals surface area contributed by atoms with E-state index in [1.165, 1.54) is 12.1 Å². The summed E-state index contributed by atoms with van der Waals surface area (Å²) in [6, 6.07) is 11.5. The summed E-state index contributed by atoms with van der Waals surface area (Å²) in [5, 5.41) is 11.0. The molecule has 1 heterocycles. The van der Waals surface area contributed by atoms with Crippen LogP contribution < -0.4 is 14.2 Å². The van der Waals surface area contributed by atoms with Crippen LogP contribution in [-0.2, 0) is 11.3 Å². The third-order valence-electron chi connectivity index (χ3n) is 4.13. The number of carbonyl (C=O) groups excluding carboxylic acids is 1. The van der Waals surface area contributed by atoms with E-state index in [1.54, 1.807) is 17.0 Å². The van der Waals surface area contributed by atoms with Gasteiger partial charge in [-0.1, -0.05) is 18.2 Å². The van der Waals surface area contributed by atoms with Gasteiger partial charge in [0.2, 0.25) is 0 Å². The molecule has 8 heteroatoms. The summed E-state index contributed by atoms with van der Waals surface area (Å²) in [5.41, 5.74) is 0.736. The number of nitro benzene ring substituents is 1. The zero-order valence-electron chi connectivity index (χ0n) is 14.9. The number of ether oxygens (including phenoxy) is 3. The van der Waals surface area contributed by atoms with Crippen LogP contribution in [0, 0.1) is 10.1 Å². The van der Waals surface area contributed by atoms with Gasteiger partial charge >= 0.3 is 5.69 Å². The number of amides is 1. The standard InChI is InChI=1S/C19H20N2O6/c1-2-20(12-14-7-8-17-18(11-14)26-10-9-25-17)19(22)13-27-16-6-4-3-5-15(16)21(23)24/h3-8,11H,2,9-10,12-13H2,1H3. The predicted octanol–water partition coefficient (Wildman–Crippen LogP) is 2.79. The second-order valence-corrected chi connectivity index (χ2v) is 5.90. The van der Waals surface area contributed by atoms with Gasteiger partial charge in [0, 0.05) is 19.2 Å². The number of hydrogen-bond acceptors (Lipinski definition) is 6. The lowest BCUT2D eigenvalue weighted by Crippen LogP contribution is -2.34. The SMILES string of the molecule is CCN(Cc1ccc2c(c1)OCCO2)C(=O)COc1ccccc1[N+](=O)[O-]. The lowest BCUT2D eigenvalue weighted by molar-refractivity contribution is -0.385. The fourth-order valence-corrected chi connectivity index (χ4v) is 2.74. The molecule has 1 aliphatic heterocycles. The molecule has 0 radical (unpaired) electrons. The summed E-state index contributed by atoms with van der Waals surface area (Å²) < 4.78 is 16.5. The first-order valence-corrected chi connectivity index (χ1v) is 8.61. The minimum absolute atomic E-state index is 0.0752. The van der Waals surface area contributed by atoms with E-state index in [4.69, 9.17) is 14.2 Å². The minimum atomic E-state index is -0.535. The molecule has 0 unspecified atom stereocenters. The number of carbonyl (C=O) groups is 1. The number of nitro groups is 1. The number of para-hydroxylation sites is 2. The minimum Gasteiger partial charge on any atom is -0.486 e. The molecule has 2 aromatic carbocycles. The maximum Gasteiger partial charge on any atom is 0.310 e. The Morgan fingerprint density at radius 2 is 1.93 bits per heavy atom. The predicted molar refractivity (Wildman–Crippen MR) is 97.1 cm³/mol. The molecule has 142 valence electrons. The number of nitrogens with zero attached hydrogens (tertiary/aromatic N) is 2. The number of likely N-dealkylation sites (N-methyl/N-ethyl adjacent to an activating group) is 1. The van der Waals surface area contributed by atoms with E-state index in [9.17, 15) is 14.9 Å². The third kappa shape index (κ3) is 4.46. The highest BCUT2D eigenvalue weighted by atomic mass is 16.6. The van der Waals surface area contributed by atoms with Gasteiger partial charge in [0.15, 0.2) is 23.9 Å². The fraction of sp³-hybridized carbons (Fsp3) is 0.316. The molecule has 0 aliphatic carbocycles. The average molecular weight is 372 g/mol. The highest BCUT2D eigenvalue weighted by molar-refractivity contribution is 5.78. The Balaban J connectivity index is 1.64. The van der Waals surface area contributed by atoms with E-state index < -0.39 is 4.92 Å². The van der Waals surface area contributed by atoms with Gasteiger partial charge in [-0.25, -0.2) is 0 Å². The Morgan fingerprint density at radius 1 is 1.19 bits per heavy atom. The van der Waals surface area contributed by atoms with E-state index in [0.29, 0.717) is 37.8 Å². The van der Waals surface area contributed by atoms with E-state index in [-0.39, 0.29) is 24.0 Å². The average Bonchev–Trinajstić information content (AvgIpc) is 2.70. The zero-order valence-corrected chi connectivity index (χ0v) is 14.9. The van der Waals surface area contributed by atoms with Crippen molar-refractivity contribution in [3.8, 4) is 17.2 Å². The van der Waals surface area contributed by atoms with Gasteiger partial charge in [-0.05, 0) is 30.7 Å². The van der Waals surface area contributed by atoms with Crippen LogP contribution in [0.3, 0.4) is 0 Å². The smallest absolute Gasteiger partial charge is 0.310 e. The summed E-state index contributed by atoms with van der Waals surface area (Å²) in [6.07, 6.45) is 0. The van der Waals surface area contributed by atoms with Crippen molar-refractivity contribution >= 4 is 11.6 Å². The van der Waals surface area contributed by atoms with Gasteiger partial charge in [0.1, 0.15) is 13.2 Å². The molecule has 0 bridgehead atoms. The van der Waals surface area contributed by atoms with E-state index in [0.717, 1.165) is 5.56 Å². The molecule has 0 N–H and O–H groups in total. The van der Waals surface area contributed by atoms with Crippen LogP contribution in [0.2, 0.25) is 0 Å². The van der Waals surface area contributed by atoms with Gasteiger partial charge in [-0.15, -0.1) is 0 Å². The van der Waals surface area contributed by atoms with E-state index in [2.05, 4.69) is 0 Å². The lowest BCUT2D eigenvalue weighted by atomic mass is 10.1. The highest BCUT2D eigenvalue weighted by Crippen LogP contribution is 2.31. The number of fused-ring (bicyclic) bond motifs is 1. The van der Waals surface area contributed by atoms with Crippen LogP contribution in [0.4, 0.5) is 5.69 Å². The quantitative estimate of drug-likeness (QED) is 0.548. The normalized spacial score (nSPS) is 12.3. The van der Waals surface area contributed by atoms with Crippen molar-refractivity contribution in [3.63, 3.8) is 0 Å². The molecule has 3 rings (SSSR count). The molecule has 0 spiro atoms. The second kappa shape index (κ2) is 8.39. The zero-order chi connectivity index (χ0) is 19.2. The van der Waals surface area contributed by atoms with Crippen LogP contribution in [0.15, 0.2) is 42.5 Å².